The van der Waals surface area contributed by atoms with Crippen molar-refractivity contribution in [3.8, 4) is 0 Å². The molecule has 82 valence electrons. The van der Waals surface area contributed by atoms with Gasteiger partial charge in [0.1, 0.15) is 13.7 Å². The van der Waals surface area contributed by atoms with Gasteiger partial charge in [0.05, 0.1) is 13.2 Å². The summed E-state index contributed by atoms with van der Waals surface area (Å²) in [4.78, 5) is 4.30. The number of halogens is 1. The molecule has 1 aromatic carbocycles. The summed E-state index contributed by atoms with van der Waals surface area (Å²) in [5.41, 5.74) is 6.05. The summed E-state index contributed by atoms with van der Waals surface area (Å²) in [6.07, 6.45) is 0. The largest absolute Gasteiger partial charge is 0.410 e. The zero-order chi connectivity index (χ0) is 11.7. The third kappa shape index (κ3) is 1.95. The van der Waals surface area contributed by atoms with Gasteiger partial charge in [-0.3, -0.25) is 10.4 Å². The summed E-state index contributed by atoms with van der Waals surface area (Å²) in [5, 5.41) is 1.04. The molecule has 0 aliphatic carbocycles. The number of quaternary nitrogens is 1. The van der Waals surface area contributed by atoms with E-state index in [1.165, 1.54) is 6.07 Å². The highest BCUT2D eigenvalue weighted by Gasteiger charge is 2.12. The van der Waals surface area contributed by atoms with Crippen LogP contribution in [0, 0.1) is 12.7 Å². The monoisotopic (exact) mass is 217 g/mol. The van der Waals surface area contributed by atoms with E-state index in [2.05, 4.69) is 10.4 Å². The molecule has 1 aliphatic rings. The Balaban J connectivity index is 2.32. The van der Waals surface area contributed by atoms with E-state index in [4.69, 9.17) is 7.85 Å². The second kappa shape index (κ2) is 4.25. The van der Waals surface area contributed by atoms with Crippen LogP contribution in [0.5, 0.6) is 0 Å². The molecule has 0 spiro atoms. The fourth-order valence-electron chi connectivity index (χ4n) is 1.61. The van der Waals surface area contributed by atoms with E-state index >= 15 is 0 Å². The number of aliphatic imine (C=N–C) groups is 1. The smallest absolute Gasteiger partial charge is 0.125 e. The second-order valence-corrected chi connectivity index (χ2v) is 3.86. The van der Waals surface area contributed by atoms with Gasteiger partial charge in [-0.15, -0.1) is 0 Å². The van der Waals surface area contributed by atoms with E-state index in [1.807, 2.05) is 6.92 Å². The number of rotatable bonds is 2. The minimum atomic E-state index is -0.292. The Morgan fingerprint density at radius 2 is 2.31 bits per heavy atom. The van der Waals surface area contributed by atoms with Gasteiger partial charge < -0.3 is 4.99 Å². The van der Waals surface area contributed by atoms with Crippen LogP contribution in [0.15, 0.2) is 17.1 Å². The first kappa shape index (κ1) is 11.1. The Labute approximate surface area is 95.7 Å². The van der Waals surface area contributed by atoms with E-state index < -0.39 is 0 Å². The summed E-state index contributed by atoms with van der Waals surface area (Å²) in [6.45, 7) is 5.25. The molecule has 0 bridgehead atoms. The molecule has 2 rings (SSSR count). The van der Waals surface area contributed by atoms with Gasteiger partial charge in [0.15, 0.2) is 0 Å². The molecule has 1 aliphatic heterocycles. The first-order chi connectivity index (χ1) is 7.61. The van der Waals surface area contributed by atoms with Crippen LogP contribution in [-0.2, 0) is 0 Å². The lowest BCUT2D eigenvalue weighted by molar-refractivity contribution is -0.849. The van der Waals surface area contributed by atoms with Crippen molar-refractivity contribution in [2.45, 2.75) is 13.8 Å². The van der Waals surface area contributed by atoms with E-state index in [0.29, 0.717) is 23.5 Å². The molecule has 0 saturated carbocycles. The Hall–Kier alpha value is -1.36. The molecule has 1 heterocycles. The predicted molar refractivity (Wildman–Crippen MR) is 62.8 cm³/mol. The van der Waals surface area contributed by atoms with Gasteiger partial charge in [0.25, 0.3) is 0 Å². The summed E-state index contributed by atoms with van der Waals surface area (Å²) >= 11 is 0. The van der Waals surface area contributed by atoms with Crippen molar-refractivity contribution in [3.63, 3.8) is 0 Å². The highest BCUT2D eigenvalue weighted by Crippen LogP contribution is 2.10. The van der Waals surface area contributed by atoms with Gasteiger partial charge in [-0.05, 0) is 42.9 Å². The number of benzene rings is 1. The molecular formula is C11H13BFN3. The van der Waals surface area contributed by atoms with Gasteiger partial charge in [-0.2, -0.15) is 0 Å². The minimum Gasteiger partial charge on any atom is -0.410 e. The summed E-state index contributed by atoms with van der Waals surface area (Å²) < 4.78 is 13.2. The lowest BCUT2D eigenvalue weighted by atomic mass is 9.88. The van der Waals surface area contributed by atoms with Crippen LogP contribution in [0.3, 0.4) is 0 Å². The van der Waals surface area contributed by atoms with Crippen LogP contribution in [0.1, 0.15) is 18.1 Å². The van der Waals surface area contributed by atoms with Crippen LogP contribution in [0.25, 0.3) is 5.43 Å². The fraction of sp³-hybridized carbons (Fsp3) is 0.364. The van der Waals surface area contributed by atoms with Crippen molar-refractivity contribution in [1.29, 1.82) is 0 Å². The zero-order valence-electron chi connectivity index (χ0n) is 9.42. The minimum absolute atomic E-state index is 0.292. The van der Waals surface area contributed by atoms with Crippen molar-refractivity contribution < 1.29 is 9.40 Å². The van der Waals surface area contributed by atoms with Gasteiger partial charge in [-0.1, -0.05) is 5.46 Å². The quantitative estimate of drug-likeness (QED) is 0.667. The molecule has 5 heteroatoms. The van der Waals surface area contributed by atoms with Crippen molar-refractivity contribution in [3.05, 3.63) is 34.5 Å². The molecule has 0 aromatic heterocycles. The van der Waals surface area contributed by atoms with Gasteiger partial charge in [0.2, 0.25) is 0 Å². The van der Waals surface area contributed by atoms with Crippen LogP contribution < -0.4 is 10.5 Å². The number of nitrogens with zero attached hydrogens (tertiary/aromatic N) is 2. The van der Waals surface area contributed by atoms with Crippen LogP contribution in [0.2, 0.25) is 0 Å². The van der Waals surface area contributed by atoms with E-state index in [9.17, 15) is 4.39 Å². The van der Waals surface area contributed by atoms with Crippen molar-refractivity contribution in [2.75, 3.05) is 13.2 Å². The third-order valence-corrected chi connectivity index (χ3v) is 2.66. The first-order valence-corrected chi connectivity index (χ1v) is 5.28. The lowest BCUT2D eigenvalue weighted by Crippen LogP contribution is -3.06. The molecule has 3 nitrogen and oxygen atoms in total. The van der Waals surface area contributed by atoms with Crippen LogP contribution in [0.4, 0.5) is 4.39 Å². The van der Waals surface area contributed by atoms with E-state index in [0.717, 1.165) is 17.1 Å². The highest BCUT2D eigenvalue weighted by molar-refractivity contribution is 6.37. The molecule has 0 saturated heterocycles. The topological polar surface area (TPSA) is 30.9 Å². The molecule has 1 N–H and O–H groups in total. The molecule has 0 fully saturated rings. The number of amidine groups is 1. The van der Waals surface area contributed by atoms with Gasteiger partial charge in [0, 0.05) is 0 Å². The normalized spacial score (nSPS) is 19.4. The fourth-order valence-corrected chi connectivity index (χ4v) is 1.61. The molecule has 1 unspecified atom stereocenters. The Kier molecular flexibility index (Phi) is 2.96. The SMILES string of the molecule is [B]c1cc(F)c(C)cc1C1=NC[NH+](CC)[N-]1. The molecule has 1 atom stereocenters. The second-order valence-electron chi connectivity index (χ2n) is 3.86. The Morgan fingerprint density at radius 3 is 2.94 bits per heavy atom. The van der Waals surface area contributed by atoms with Crippen LogP contribution >= 0.6 is 0 Å². The highest BCUT2D eigenvalue weighted by atomic mass is 19.1. The number of hydrogen-bond donors (Lipinski definition) is 1. The van der Waals surface area contributed by atoms with E-state index in [1.54, 1.807) is 13.0 Å². The number of hydrogen-bond acceptors (Lipinski definition) is 1. The summed E-state index contributed by atoms with van der Waals surface area (Å²) in [7, 11) is 5.77. The maximum atomic E-state index is 13.2. The standard InChI is InChI=1S/C11H13BFN3/c1-3-16-6-14-11(15-16)8-4-7(2)10(13)5-9(8)12/h4-5,16H,3,6H2,1-2H3. The summed E-state index contributed by atoms with van der Waals surface area (Å²) in [6, 6.07) is 3.03. The maximum Gasteiger partial charge on any atom is 0.125 e. The van der Waals surface area contributed by atoms with Gasteiger partial charge >= 0.3 is 0 Å². The zero-order valence-corrected chi connectivity index (χ0v) is 9.42. The average molecular weight is 217 g/mol. The first-order valence-electron chi connectivity index (χ1n) is 5.28. The predicted octanol–water partition coefficient (Wildman–Crippen LogP) is -0.161. The molecule has 0 amide bonds. The maximum absolute atomic E-state index is 13.2. The van der Waals surface area contributed by atoms with Crippen molar-refractivity contribution in [2.24, 2.45) is 4.99 Å². The Bertz CT molecular complexity index is 445. The van der Waals surface area contributed by atoms with Crippen LogP contribution in [-0.4, -0.2) is 26.9 Å². The van der Waals surface area contributed by atoms with Crippen molar-refractivity contribution >= 4 is 19.1 Å². The number of aryl methyl sites for hydroxylation is 1. The molecular weight excluding hydrogens is 204 g/mol. The Morgan fingerprint density at radius 1 is 1.56 bits per heavy atom. The van der Waals surface area contributed by atoms with Crippen molar-refractivity contribution in [1.82, 2.24) is 0 Å². The van der Waals surface area contributed by atoms with E-state index in [-0.39, 0.29) is 5.82 Å². The molecule has 1 aromatic rings. The molecule has 16 heavy (non-hydrogen) atoms. The molecule has 2 radical (unpaired) electrons. The van der Waals surface area contributed by atoms with Gasteiger partial charge in [-0.25, -0.2) is 4.39 Å². The average Bonchev–Trinajstić information content (AvgIpc) is 2.71. The number of nitrogens with one attached hydrogen (secondary N) is 1. The third-order valence-electron chi connectivity index (χ3n) is 2.66. The summed E-state index contributed by atoms with van der Waals surface area (Å²) in [5.74, 6) is 0.331. The lowest BCUT2D eigenvalue weighted by Gasteiger charge is -2.18.